The van der Waals surface area contributed by atoms with Crippen molar-refractivity contribution in [1.29, 1.82) is 0 Å². The molecule has 0 saturated heterocycles. The number of aromatic nitrogens is 1. The van der Waals surface area contributed by atoms with E-state index in [1.54, 1.807) is 6.07 Å². The molecular formula is C11H11NOS2. The van der Waals surface area contributed by atoms with Crippen molar-refractivity contribution in [3.63, 3.8) is 0 Å². The van der Waals surface area contributed by atoms with Gasteiger partial charge >= 0.3 is 0 Å². The molecule has 1 heterocycles. The number of hydrogen-bond acceptors (Lipinski definition) is 3. The molecule has 2 aromatic rings. The van der Waals surface area contributed by atoms with E-state index in [4.69, 9.17) is 0 Å². The molecule has 1 unspecified atom stereocenters. The third kappa shape index (κ3) is 2.06. The lowest BCUT2D eigenvalue weighted by molar-refractivity contribution is 1.03. The van der Waals surface area contributed by atoms with Crippen LogP contribution in [-0.2, 0) is 0 Å². The van der Waals surface area contributed by atoms with Crippen molar-refractivity contribution in [1.82, 2.24) is 4.98 Å². The van der Waals surface area contributed by atoms with E-state index < -0.39 is 0 Å². The van der Waals surface area contributed by atoms with Gasteiger partial charge in [-0.15, -0.1) is 11.7 Å². The van der Waals surface area contributed by atoms with E-state index in [9.17, 15) is 4.79 Å². The van der Waals surface area contributed by atoms with Crippen molar-refractivity contribution in [3.05, 3.63) is 46.2 Å². The van der Waals surface area contributed by atoms with Gasteiger partial charge in [0.2, 0.25) is 0 Å². The topological polar surface area (TPSA) is 32.9 Å². The molecular weight excluding hydrogens is 226 g/mol. The molecule has 0 bridgehead atoms. The summed E-state index contributed by atoms with van der Waals surface area (Å²) >= 11 is 4.15. The number of aromatic amines is 1. The van der Waals surface area contributed by atoms with E-state index in [-0.39, 0.29) is 10.7 Å². The minimum absolute atomic E-state index is 0.0635. The van der Waals surface area contributed by atoms with Gasteiger partial charge in [0.1, 0.15) is 0 Å². The molecule has 4 heteroatoms. The second kappa shape index (κ2) is 4.33. The molecule has 2 nitrogen and oxygen atoms in total. The van der Waals surface area contributed by atoms with Gasteiger partial charge in [-0.2, -0.15) is 0 Å². The van der Waals surface area contributed by atoms with Gasteiger partial charge < -0.3 is 4.98 Å². The highest BCUT2D eigenvalue weighted by Gasteiger charge is 2.07. The Morgan fingerprint density at radius 1 is 1.40 bits per heavy atom. The maximum absolute atomic E-state index is 11.8. The number of hydrogen-bond donors (Lipinski definition) is 2. The number of thiol groups is 1. The molecule has 0 aliphatic rings. The van der Waals surface area contributed by atoms with Crippen molar-refractivity contribution in [2.24, 2.45) is 0 Å². The van der Waals surface area contributed by atoms with Crippen LogP contribution in [0.4, 0.5) is 0 Å². The van der Waals surface area contributed by atoms with Gasteiger partial charge in [0.15, 0.2) is 5.43 Å². The molecule has 1 N–H and O–H groups in total. The molecule has 2 rings (SSSR count). The first-order valence-corrected chi connectivity index (χ1v) is 6.58. The van der Waals surface area contributed by atoms with Crippen LogP contribution >= 0.6 is 22.5 Å². The Morgan fingerprint density at radius 3 is 2.87 bits per heavy atom. The number of nitrogens with one attached hydrogen (secondary N) is 1. The molecule has 0 radical (unpaired) electrons. The lowest BCUT2D eigenvalue weighted by atomic mass is 10.2. The largest absolute Gasteiger partial charge is 0.357 e. The standard InChI is InChI=1S/C11H11NOS2/c1-7(15-14)10-6-11(13)8-4-2-3-5-9(8)12-10/h2-7,14H,1H3,(H,12,13). The number of fused-ring (bicyclic) bond motifs is 1. The summed E-state index contributed by atoms with van der Waals surface area (Å²) in [5.41, 5.74) is 1.86. The van der Waals surface area contributed by atoms with Crippen LogP contribution in [0.3, 0.4) is 0 Å². The van der Waals surface area contributed by atoms with Crippen molar-refractivity contribution in [2.45, 2.75) is 12.2 Å². The molecule has 0 spiro atoms. The fourth-order valence-corrected chi connectivity index (χ4v) is 2.07. The molecule has 1 aromatic heterocycles. The van der Waals surface area contributed by atoms with Gasteiger partial charge in [-0.25, -0.2) is 0 Å². The number of benzene rings is 1. The Kier molecular flexibility index (Phi) is 3.07. The molecule has 0 aliphatic heterocycles. The van der Waals surface area contributed by atoms with Crippen molar-refractivity contribution in [3.8, 4) is 0 Å². The monoisotopic (exact) mass is 237 g/mol. The third-order valence-electron chi connectivity index (χ3n) is 2.35. The number of H-pyrrole nitrogens is 1. The van der Waals surface area contributed by atoms with Gasteiger partial charge in [-0.1, -0.05) is 22.9 Å². The zero-order valence-corrected chi connectivity index (χ0v) is 9.94. The van der Waals surface area contributed by atoms with Gasteiger partial charge in [-0.05, 0) is 19.1 Å². The summed E-state index contributed by atoms with van der Waals surface area (Å²) in [6.45, 7) is 2.01. The van der Waals surface area contributed by atoms with E-state index in [1.165, 1.54) is 10.8 Å². The molecule has 0 amide bonds. The highest BCUT2D eigenvalue weighted by molar-refractivity contribution is 8.68. The molecule has 1 aromatic carbocycles. The van der Waals surface area contributed by atoms with Crippen LogP contribution in [0, 0.1) is 0 Å². The third-order valence-corrected chi connectivity index (χ3v) is 3.87. The van der Waals surface area contributed by atoms with Crippen LogP contribution in [0.15, 0.2) is 35.1 Å². The predicted octanol–water partition coefficient (Wildman–Crippen LogP) is 3.17. The smallest absolute Gasteiger partial charge is 0.189 e. The lowest BCUT2D eigenvalue weighted by Gasteiger charge is -2.08. The fraction of sp³-hybridized carbons (Fsp3) is 0.182. The van der Waals surface area contributed by atoms with Crippen LogP contribution in [0.25, 0.3) is 10.9 Å². The molecule has 1 atom stereocenters. The minimum Gasteiger partial charge on any atom is -0.357 e. The lowest BCUT2D eigenvalue weighted by Crippen LogP contribution is -2.05. The average Bonchev–Trinajstić information content (AvgIpc) is 2.28. The van der Waals surface area contributed by atoms with Gasteiger partial charge in [0, 0.05) is 22.7 Å². The number of rotatable bonds is 2. The summed E-state index contributed by atoms with van der Waals surface area (Å²) in [4.78, 5) is 15.0. The Bertz CT molecular complexity index is 535. The summed E-state index contributed by atoms with van der Waals surface area (Å²) in [5.74, 6) is 0. The van der Waals surface area contributed by atoms with E-state index in [1.807, 2.05) is 31.2 Å². The summed E-state index contributed by atoms with van der Waals surface area (Å²) < 4.78 is 0. The van der Waals surface area contributed by atoms with Crippen molar-refractivity contribution >= 4 is 33.4 Å². The first kappa shape index (κ1) is 10.6. The SMILES string of the molecule is CC(SS)c1cc(=O)c2ccccc2[nH]1. The Hall–Kier alpha value is -0.870. The van der Waals surface area contributed by atoms with Crippen LogP contribution in [-0.4, -0.2) is 4.98 Å². The Morgan fingerprint density at radius 2 is 2.13 bits per heavy atom. The van der Waals surface area contributed by atoms with E-state index in [0.717, 1.165) is 16.6 Å². The summed E-state index contributed by atoms with van der Waals surface area (Å²) in [7, 11) is 1.42. The van der Waals surface area contributed by atoms with Gasteiger partial charge in [0.25, 0.3) is 0 Å². The van der Waals surface area contributed by atoms with Crippen LogP contribution in [0.2, 0.25) is 0 Å². The molecule has 0 fully saturated rings. The molecule has 0 aliphatic carbocycles. The zero-order valence-electron chi connectivity index (χ0n) is 8.23. The highest BCUT2D eigenvalue weighted by Crippen LogP contribution is 2.29. The van der Waals surface area contributed by atoms with Crippen LogP contribution < -0.4 is 5.43 Å². The first-order valence-electron chi connectivity index (χ1n) is 4.64. The zero-order chi connectivity index (χ0) is 10.8. The Balaban J connectivity index is 2.67. The normalized spacial score (nSPS) is 12.9. The fourth-order valence-electron chi connectivity index (χ4n) is 1.49. The highest BCUT2D eigenvalue weighted by atomic mass is 33.1. The maximum Gasteiger partial charge on any atom is 0.189 e. The summed E-state index contributed by atoms with van der Waals surface area (Å²) in [5, 5.41) is 0.920. The summed E-state index contributed by atoms with van der Waals surface area (Å²) in [6, 6.07) is 9.18. The van der Waals surface area contributed by atoms with E-state index >= 15 is 0 Å². The van der Waals surface area contributed by atoms with Crippen LogP contribution in [0.5, 0.6) is 0 Å². The van der Waals surface area contributed by atoms with Crippen molar-refractivity contribution in [2.75, 3.05) is 0 Å². The average molecular weight is 237 g/mol. The number of para-hydroxylation sites is 1. The number of pyridine rings is 1. The van der Waals surface area contributed by atoms with E-state index in [2.05, 4.69) is 16.6 Å². The van der Waals surface area contributed by atoms with E-state index in [0.29, 0.717) is 0 Å². The van der Waals surface area contributed by atoms with Crippen molar-refractivity contribution < 1.29 is 0 Å². The first-order chi connectivity index (χ1) is 7.22. The minimum atomic E-state index is 0.0635. The second-order valence-corrected chi connectivity index (χ2v) is 4.93. The van der Waals surface area contributed by atoms with Gasteiger partial charge in [-0.3, -0.25) is 4.79 Å². The molecule has 15 heavy (non-hydrogen) atoms. The molecule has 0 saturated carbocycles. The second-order valence-electron chi connectivity index (χ2n) is 3.38. The maximum atomic E-state index is 11.8. The van der Waals surface area contributed by atoms with Crippen LogP contribution in [0.1, 0.15) is 17.9 Å². The quantitative estimate of drug-likeness (QED) is 0.621. The summed E-state index contributed by atoms with van der Waals surface area (Å²) in [6.07, 6.45) is 0. The predicted molar refractivity (Wildman–Crippen MR) is 69.6 cm³/mol. The van der Waals surface area contributed by atoms with Gasteiger partial charge in [0.05, 0.1) is 5.25 Å². The molecule has 78 valence electrons. The Labute approximate surface area is 96.9 Å².